The lowest BCUT2D eigenvalue weighted by molar-refractivity contribution is -0.135. The Bertz CT molecular complexity index is 1420. The minimum absolute atomic E-state index is 0.0943. The summed E-state index contributed by atoms with van der Waals surface area (Å²) in [7, 11) is 0. The predicted molar refractivity (Wildman–Crippen MR) is 181 cm³/mol. The number of ketones is 2. The van der Waals surface area contributed by atoms with Gasteiger partial charge in [-0.2, -0.15) is 0 Å². The maximum absolute atomic E-state index is 12.7. The molecule has 0 N–H and O–H groups in total. The highest BCUT2D eigenvalue weighted by molar-refractivity contribution is 9.10. The van der Waals surface area contributed by atoms with Gasteiger partial charge in [-0.3, -0.25) is 9.59 Å². The molecule has 2 aliphatic rings. The number of carbonyl (C=O) groups is 2. The smallest absolute Gasteiger partial charge is 0.193 e. The lowest BCUT2D eigenvalue weighted by atomic mass is 9.87. The zero-order chi connectivity index (χ0) is 31.7. The summed E-state index contributed by atoms with van der Waals surface area (Å²) in [5, 5.41) is 0. The van der Waals surface area contributed by atoms with Gasteiger partial charge in [0, 0.05) is 20.1 Å². The van der Waals surface area contributed by atoms with Crippen LogP contribution < -0.4 is 0 Å². The first kappa shape index (κ1) is 34.6. The number of halogens is 2. The maximum atomic E-state index is 12.7. The fourth-order valence-corrected chi connectivity index (χ4v) is 6.58. The molecule has 2 heterocycles. The van der Waals surface area contributed by atoms with Crippen molar-refractivity contribution in [3.63, 3.8) is 0 Å². The topological polar surface area (TPSA) is 52.6 Å². The molecule has 42 heavy (non-hydrogen) atoms. The molecule has 2 unspecified atom stereocenters. The predicted octanol–water partition coefficient (Wildman–Crippen LogP) is 9.88. The molecule has 0 bridgehead atoms. The highest BCUT2D eigenvalue weighted by atomic mass is 79.9. The molecule has 0 spiro atoms. The van der Waals surface area contributed by atoms with Crippen LogP contribution in [0.3, 0.4) is 0 Å². The van der Waals surface area contributed by atoms with E-state index in [1.165, 1.54) is 11.1 Å². The summed E-state index contributed by atoms with van der Waals surface area (Å²) >= 11 is 7.00. The number of ether oxygens (including phenoxy) is 2. The third-order valence-corrected chi connectivity index (χ3v) is 9.60. The normalized spacial score (nSPS) is 26.6. The van der Waals surface area contributed by atoms with Crippen LogP contribution in [0, 0.1) is 0 Å². The standard InChI is InChI=1S/2C18H23BrO2/c1-6-12-10-14(19)9-8-13(12)11-15-16(20)17(3,4)21-18(15,5)7-2;1-6-12-10-14(19)9-8-13(12)11-15-16(20)18(5,7-2)21-17(15,3)4/h2*8-11H,6-7H2,1-5H3. The minimum atomic E-state index is -0.738. The average molecular weight is 703 g/mol. The van der Waals surface area contributed by atoms with E-state index in [-0.39, 0.29) is 11.6 Å². The van der Waals surface area contributed by atoms with Gasteiger partial charge in [-0.15, -0.1) is 0 Å². The summed E-state index contributed by atoms with van der Waals surface area (Å²) in [5.74, 6) is 0.205. The van der Waals surface area contributed by atoms with Gasteiger partial charge in [0.25, 0.3) is 0 Å². The minimum Gasteiger partial charge on any atom is -0.356 e. The second-order valence-electron chi connectivity index (χ2n) is 12.6. The van der Waals surface area contributed by atoms with Gasteiger partial charge >= 0.3 is 0 Å². The van der Waals surface area contributed by atoms with Gasteiger partial charge in [0.2, 0.25) is 0 Å². The molecule has 2 atom stereocenters. The number of aryl methyl sites for hydroxylation is 2. The lowest BCUT2D eigenvalue weighted by Crippen LogP contribution is -2.32. The molecule has 0 amide bonds. The third-order valence-electron chi connectivity index (χ3n) is 8.62. The second-order valence-corrected chi connectivity index (χ2v) is 14.4. The van der Waals surface area contributed by atoms with Crippen LogP contribution in [0.1, 0.15) is 104 Å². The van der Waals surface area contributed by atoms with E-state index in [1.807, 2.05) is 72.8 Å². The van der Waals surface area contributed by atoms with Crippen LogP contribution in [0.2, 0.25) is 0 Å². The first-order chi connectivity index (χ1) is 19.5. The number of hydrogen-bond acceptors (Lipinski definition) is 4. The van der Waals surface area contributed by atoms with Gasteiger partial charge in [-0.25, -0.2) is 0 Å². The average Bonchev–Trinajstić information content (AvgIpc) is 3.22. The molecule has 6 heteroatoms. The van der Waals surface area contributed by atoms with E-state index in [0.29, 0.717) is 6.42 Å². The summed E-state index contributed by atoms with van der Waals surface area (Å²) in [4.78, 5) is 25.4. The number of carbonyl (C=O) groups excluding carboxylic acids is 2. The molecule has 228 valence electrons. The van der Waals surface area contributed by atoms with E-state index in [2.05, 4.69) is 76.9 Å². The summed E-state index contributed by atoms with van der Waals surface area (Å²) in [6, 6.07) is 12.4. The number of benzene rings is 2. The van der Waals surface area contributed by atoms with Crippen LogP contribution in [-0.4, -0.2) is 34.0 Å². The first-order valence-electron chi connectivity index (χ1n) is 15.0. The Morgan fingerprint density at radius 2 is 1.05 bits per heavy atom. The van der Waals surface area contributed by atoms with Crippen LogP contribution in [0.25, 0.3) is 12.2 Å². The van der Waals surface area contributed by atoms with Crippen LogP contribution >= 0.6 is 31.9 Å². The van der Waals surface area contributed by atoms with Crippen molar-refractivity contribution in [3.05, 3.63) is 78.7 Å². The number of Topliss-reactive ketones (excluding diaryl/α,β-unsaturated/α-hetero) is 2. The van der Waals surface area contributed by atoms with Crippen LogP contribution in [0.5, 0.6) is 0 Å². The molecule has 2 aliphatic heterocycles. The molecule has 0 radical (unpaired) electrons. The fourth-order valence-electron chi connectivity index (χ4n) is 5.76. The molecular weight excluding hydrogens is 656 g/mol. The van der Waals surface area contributed by atoms with Gasteiger partial charge in [0.1, 0.15) is 11.2 Å². The van der Waals surface area contributed by atoms with Crippen molar-refractivity contribution >= 4 is 55.6 Å². The quantitative estimate of drug-likeness (QED) is 0.282. The van der Waals surface area contributed by atoms with E-state index in [1.54, 1.807) is 0 Å². The summed E-state index contributed by atoms with van der Waals surface area (Å²) < 4.78 is 14.2. The molecule has 2 aromatic rings. The molecule has 0 saturated carbocycles. The SMILES string of the molecule is CCc1cc(Br)ccc1C=C1C(=O)C(C)(C)OC1(C)CC.CCc1cc(Br)ccc1C=C1C(=O)C(C)(CC)OC1(C)C. The van der Waals surface area contributed by atoms with Crippen molar-refractivity contribution in [1.29, 1.82) is 0 Å². The highest BCUT2D eigenvalue weighted by Gasteiger charge is 2.52. The summed E-state index contributed by atoms with van der Waals surface area (Å²) in [5.41, 5.74) is 3.73. The first-order valence-corrected chi connectivity index (χ1v) is 16.6. The Morgan fingerprint density at radius 1 is 0.619 bits per heavy atom. The number of rotatable bonds is 6. The Kier molecular flexibility index (Phi) is 10.7. The van der Waals surface area contributed by atoms with Gasteiger partial charge in [-0.1, -0.05) is 71.7 Å². The number of hydrogen-bond donors (Lipinski definition) is 0. The van der Waals surface area contributed by atoms with Crippen LogP contribution in [0.4, 0.5) is 0 Å². The molecule has 4 rings (SSSR count). The van der Waals surface area contributed by atoms with Gasteiger partial charge in [-0.05, 0) is 126 Å². The molecule has 0 aliphatic carbocycles. The van der Waals surface area contributed by atoms with Crippen molar-refractivity contribution in [1.82, 2.24) is 0 Å². The Morgan fingerprint density at radius 3 is 1.45 bits per heavy atom. The Labute approximate surface area is 269 Å². The molecule has 4 nitrogen and oxygen atoms in total. The highest BCUT2D eigenvalue weighted by Crippen LogP contribution is 2.43. The summed E-state index contributed by atoms with van der Waals surface area (Å²) in [6.45, 7) is 19.9. The lowest BCUT2D eigenvalue weighted by Gasteiger charge is -2.25. The van der Waals surface area contributed by atoms with Crippen LogP contribution in [-0.2, 0) is 31.9 Å². The fraction of sp³-hybridized carbons (Fsp3) is 0.500. The molecule has 2 saturated heterocycles. The van der Waals surface area contributed by atoms with E-state index < -0.39 is 22.4 Å². The molecule has 0 aromatic heterocycles. The molecular formula is C36H46Br2O4. The van der Waals surface area contributed by atoms with E-state index >= 15 is 0 Å². The van der Waals surface area contributed by atoms with Crippen molar-refractivity contribution in [2.45, 2.75) is 117 Å². The van der Waals surface area contributed by atoms with Gasteiger partial charge < -0.3 is 9.47 Å². The zero-order valence-electron chi connectivity index (χ0n) is 26.8. The van der Waals surface area contributed by atoms with Gasteiger partial charge in [0.15, 0.2) is 11.6 Å². The van der Waals surface area contributed by atoms with Crippen molar-refractivity contribution in [3.8, 4) is 0 Å². The van der Waals surface area contributed by atoms with Gasteiger partial charge in [0.05, 0.1) is 11.2 Å². The Balaban J connectivity index is 0.000000230. The molecule has 2 aromatic carbocycles. The van der Waals surface area contributed by atoms with Crippen LogP contribution in [0.15, 0.2) is 56.5 Å². The zero-order valence-corrected chi connectivity index (χ0v) is 30.0. The molecule has 2 fully saturated rings. The Hall–Kier alpha value is -1.86. The van der Waals surface area contributed by atoms with E-state index in [4.69, 9.17) is 9.47 Å². The van der Waals surface area contributed by atoms with E-state index in [0.717, 1.165) is 50.5 Å². The maximum Gasteiger partial charge on any atom is 0.193 e. The van der Waals surface area contributed by atoms with Crippen molar-refractivity contribution < 1.29 is 19.1 Å². The van der Waals surface area contributed by atoms with E-state index in [9.17, 15) is 9.59 Å². The van der Waals surface area contributed by atoms with Crippen molar-refractivity contribution in [2.24, 2.45) is 0 Å². The monoisotopic (exact) mass is 700 g/mol. The van der Waals surface area contributed by atoms with Crippen molar-refractivity contribution in [2.75, 3.05) is 0 Å². The summed E-state index contributed by atoms with van der Waals surface area (Å²) in [6.07, 6.45) is 7.36. The second kappa shape index (κ2) is 13.0. The largest absolute Gasteiger partial charge is 0.356 e. The third kappa shape index (κ3) is 7.09.